The maximum absolute atomic E-state index is 11.9. The lowest BCUT2D eigenvalue weighted by Gasteiger charge is -2.32. The molecule has 0 aromatic heterocycles. The number of carbonyl (C=O) groups excluding carboxylic acids is 1. The zero-order valence-corrected chi connectivity index (χ0v) is 10.6. The van der Waals surface area contributed by atoms with Crippen molar-refractivity contribution >= 4 is 5.91 Å². The first-order chi connectivity index (χ1) is 7.77. The maximum atomic E-state index is 11.9. The topological polar surface area (TPSA) is 46.3 Å². The van der Waals surface area contributed by atoms with E-state index in [1.807, 2.05) is 0 Å². The zero-order chi connectivity index (χ0) is 11.8. The molecule has 2 N–H and O–H groups in total. The van der Waals surface area contributed by atoms with Crippen molar-refractivity contribution in [1.82, 2.24) is 4.90 Å². The van der Waals surface area contributed by atoms with E-state index < -0.39 is 0 Å². The van der Waals surface area contributed by atoms with Crippen molar-refractivity contribution in [2.75, 3.05) is 19.6 Å². The fourth-order valence-electron chi connectivity index (χ4n) is 2.45. The van der Waals surface area contributed by atoms with Crippen molar-refractivity contribution in [3.8, 4) is 0 Å². The van der Waals surface area contributed by atoms with E-state index in [0.717, 1.165) is 45.3 Å². The van der Waals surface area contributed by atoms with Crippen LogP contribution in [0.5, 0.6) is 0 Å². The third kappa shape index (κ3) is 4.52. The van der Waals surface area contributed by atoms with E-state index in [0.29, 0.717) is 11.8 Å². The highest BCUT2D eigenvalue weighted by atomic mass is 16.2. The number of nitrogens with zero attached hydrogens (tertiary/aromatic N) is 1. The number of unbranched alkanes of at least 4 members (excludes halogenated alkanes) is 2. The lowest BCUT2D eigenvalue weighted by Crippen LogP contribution is -2.40. The molecule has 16 heavy (non-hydrogen) atoms. The minimum absolute atomic E-state index is 0.357. The molecule has 1 amide bonds. The zero-order valence-electron chi connectivity index (χ0n) is 10.6. The fourth-order valence-corrected chi connectivity index (χ4v) is 2.45. The van der Waals surface area contributed by atoms with Gasteiger partial charge in [0.25, 0.3) is 0 Å². The van der Waals surface area contributed by atoms with Crippen LogP contribution in [0.1, 0.15) is 51.9 Å². The van der Waals surface area contributed by atoms with Crippen molar-refractivity contribution in [2.24, 2.45) is 11.7 Å². The van der Waals surface area contributed by atoms with Gasteiger partial charge in [-0.1, -0.05) is 19.8 Å². The molecule has 0 radical (unpaired) electrons. The van der Waals surface area contributed by atoms with Gasteiger partial charge >= 0.3 is 0 Å². The summed E-state index contributed by atoms with van der Waals surface area (Å²) < 4.78 is 0. The summed E-state index contributed by atoms with van der Waals surface area (Å²) in [6.45, 7) is 4.83. The Kier molecular flexibility index (Phi) is 6.46. The van der Waals surface area contributed by atoms with Gasteiger partial charge in [0.1, 0.15) is 0 Å². The van der Waals surface area contributed by atoms with E-state index in [-0.39, 0.29) is 0 Å². The number of rotatable bonds is 6. The molecule has 1 atom stereocenters. The van der Waals surface area contributed by atoms with E-state index in [4.69, 9.17) is 5.73 Å². The Morgan fingerprint density at radius 3 is 2.94 bits per heavy atom. The first-order valence-corrected chi connectivity index (χ1v) is 6.75. The van der Waals surface area contributed by atoms with Crippen LogP contribution in [-0.4, -0.2) is 30.4 Å². The molecule has 3 heteroatoms. The Balaban J connectivity index is 2.26. The summed E-state index contributed by atoms with van der Waals surface area (Å²) in [7, 11) is 0. The van der Waals surface area contributed by atoms with Crippen LogP contribution >= 0.6 is 0 Å². The third-order valence-corrected chi connectivity index (χ3v) is 3.44. The smallest absolute Gasteiger partial charge is 0.222 e. The summed E-state index contributed by atoms with van der Waals surface area (Å²) >= 11 is 0. The number of carbonyl (C=O) groups is 1. The molecule has 1 unspecified atom stereocenters. The summed E-state index contributed by atoms with van der Waals surface area (Å²) in [5.74, 6) is 1.00. The first kappa shape index (κ1) is 13.5. The molecule has 0 aliphatic carbocycles. The molecule has 94 valence electrons. The van der Waals surface area contributed by atoms with E-state index in [1.54, 1.807) is 0 Å². The van der Waals surface area contributed by atoms with Gasteiger partial charge in [-0.15, -0.1) is 0 Å². The van der Waals surface area contributed by atoms with Gasteiger partial charge in [0.15, 0.2) is 0 Å². The van der Waals surface area contributed by atoms with Gasteiger partial charge in [-0.2, -0.15) is 0 Å². The highest BCUT2D eigenvalue weighted by molar-refractivity contribution is 5.76. The normalized spacial score (nSPS) is 21.1. The third-order valence-electron chi connectivity index (χ3n) is 3.44. The van der Waals surface area contributed by atoms with Gasteiger partial charge in [0.2, 0.25) is 5.91 Å². The lowest BCUT2D eigenvalue weighted by atomic mass is 9.94. The van der Waals surface area contributed by atoms with E-state index in [1.165, 1.54) is 19.3 Å². The molecule has 0 aromatic carbocycles. The average Bonchev–Trinajstić information content (AvgIpc) is 2.30. The molecule has 1 fully saturated rings. The second-order valence-electron chi connectivity index (χ2n) is 4.88. The molecular formula is C13H26N2O. The second-order valence-corrected chi connectivity index (χ2v) is 4.88. The SMILES string of the molecule is CCCCCC(=O)N1CCCC(CCN)C1. The summed E-state index contributed by atoms with van der Waals surface area (Å²) in [6.07, 6.45) is 7.62. The van der Waals surface area contributed by atoms with E-state index >= 15 is 0 Å². The predicted molar refractivity (Wildman–Crippen MR) is 67.1 cm³/mol. The van der Waals surface area contributed by atoms with Gasteiger partial charge in [-0.3, -0.25) is 4.79 Å². The Morgan fingerprint density at radius 1 is 1.44 bits per heavy atom. The largest absolute Gasteiger partial charge is 0.342 e. The molecule has 0 aromatic rings. The van der Waals surface area contributed by atoms with Crippen molar-refractivity contribution in [3.05, 3.63) is 0 Å². The summed E-state index contributed by atoms with van der Waals surface area (Å²) in [6, 6.07) is 0. The van der Waals surface area contributed by atoms with Gasteiger partial charge < -0.3 is 10.6 Å². The van der Waals surface area contributed by atoms with Crippen LogP contribution < -0.4 is 5.73 Å². The van der Waals surface area contributed by atoms with Crippen LogP contribution in [-0.2, 0) is 4.79 Å². The van der Waals surface area contributed by atoms with Crippen molar-refractivity contribution in [1.29, 1.82) is 0 Å². The molecule has 1 aliphatic heterocycles. The molecule has 1 saturated heterocycles. The standard InChI is InChI=1S/C13H26N2O/c1-2-3-4-7-13(16)15-10-5-6-12(11-15)8-9-14/h12H,2-11,14H2,1H3. The minimum atomic E-state index is 0.357. The van der Waals surface area contributed by atoms with Gasteiger partial charge in [0.05, 0.1) is 0 Å². The Bertz CT molecular complexity index is 204. The van der Waals surface area contributed by atoms with Crippen molar-refractivity contribution < 1.29 is 4.79 Å². The van der Waals surface area contributed by atoms with E-state index in [2.05, 4.69) is 11.8 Å². The van der Waals surface area contributed by atoms with Crippen LogP contribution in [0.4, 0.5) is 0 Å². The molecule has 1 heterocycles. The summed E-state index contributed by atoms with van der Waals surface area (Å²) in [5.41, 5.74) is 5.58. The average molecular weight is 226 g/mol. The molecule has 1 aliphatic rings. The predicted octanol–water partition coefficient (Wildman–Crippen LogP) is 2.15. The lowest BCUT2D eigenvalue weighted by molar-refractivity contribution is -0.133. The number of nitrogens with two attached hydrogens (primary N) is 1. The Morgan fingerprint density at radius 2 is 2.25 bits per heavy atom. The van der Waals surface area contributed by atoms with Crippen molar-refractivity contribution in [2.45, 2.75) is 51.9 Å². The second kappa shape index (κ2) is 7.66. The first-order valence-electron chi connectivity index (χ1n) is 6.75. The fraction of sp³-hybridized carbons (Fsp3) is 0.923. The molecule has 0 bridgehead atoms. The number of piperidine rings is 1. The molecule has 0 spiro atoms. The highest BCUT2D eigenvalue weighted by Gasteiger charge is 2.22. The molecule has 1 rings (SSSR count). The summed E-state index contributed by atoms with van der Waals surface area (Å²) in [4.78, 5) is 14.0. The number of likely N-dealkylation sites (tertiary alicyclic amines) is 1. The minimum Gasteiger partial charge on any atom is -0.342 e. The van der Waals surface area contributed by atoms with Gasteiger partial charge in [0, 0.05) is 19.5 Å². The van der Waals surface area contributed by atoms with Crippen LogP contribution in [0.2, 0.25) is 0 Å². The van der Waals surface area contributed by atoms with Crippen molar-refractivity contribution in [3.63, 3.8) is 0 Å². The molecule has 0 saturated carbocycles. The van der Waals surface area contributed by atoms with E-state index in [9.17, 15) is 4.79 Å². The summed E-state index contributed by atoms with van der Waals surface area (Å²) in [5, 5.41) is 0. The molecule has 3 nitrogen and oxygen atoms in total. The van der Waals surface area contributed by atoms with Gasteiger partial charge in [-0.05, 0) is 38.1 Å². The Labute approximate surface area is 99.4 Å². The van der Waals surface area contributed by atoms with Gasteiger partial charge in [-0.25, -0.2) is 0 Å². The van der Waals surface area contributed by atoms with Crippen LogP contribution in [0.15, 0.2) is 0 Å². The Hall–Kier alpha value is -0.570. The maximum Gasteiger partial charge on any atom is 0.222 e. The number of amides is 1. The highest BCUT2D eigenvalue weighted by Crippen LogP contribution is 2.20. The number of hydrogen-bond acceptors (Lipinski definition) is 2. The molecular weight excluding hydrogens is 200 g/mol. The van der Waals surface area contributed by atoms with Crippen LogP contribution in [0, 0.1) is 5.92 Å². The quantitative estimate of drug-likeness (QED) is 0.705. The number of hydrogen-bond donors (Lipinski definition) is 1. The van der Waals surface area contributed by atoms with Crippen LogP contribution in [0.3, 0.4) is 0 Å². The van der Waals surface area contributed by atoms with Crippen LogP contribution in [0.25, 0.3) is 0 Å². The monoisotopic (exact) mass is 226 g/mol.